The van der Waals surface area contributed by atoms with Crippen LogP contribution in [-0.4, -0.2) is 21.3 Å². The lowest BCUT2D eigenvalue weighted by Crippen LogP contribution is -2.03. The number of hydrogen-bond acceptors (Lipinski definition) is 3. The van der Waals surface area contributed by atoms with Gasteiger partial charge in [0, 0.05) is 22.2 Å². The van der Waals surface area contributed by atoms with Crippen LogP contribution >= 0.6 is 35.3 Å². The molecule has 0 unspecified atom stereocenters. The molecule has 3 heteroatoms. The largest absolute Gasteiger partial charge is 0.131 e. The summed E-state index contributed by atoms with van der Waals surface area (Å²) < 4.78 is 0.218. The molecule has 1 rings (SSSR count). The van der Waals surface area contributed by atoms with Crippen LogP contribution in [0.3, 0.4) is 0 Å². The van der Waals surface area contributed by atoms with Gasteiger partial charge in [0.05, 0.1) is 0 Å². The van der Waals surface area contributed by atoms with Gasteiger partial charge in [0.1, 0.15) is 4.08 Å². The van der Waals surface area contributed by atoms with Crippen molar-refractivity contribution in [2.45, 2.75) is 4.08 Å². The van der Waals surface area contributed by atoms with Crippen LogP contribution in [0.5, 0.6) is 0 Å². The summed E-state index contributed by atoms with van der Waals surface area (Å²) in [6.45, 7) is 11.3. The van der Waals surface area contributed by atoms with Gasteiger partial charge in [-0.3, -0.25) is 0 Å². The third-order valence-corrected chi connectivity index (χ3v) is 6.23. The molecule has 1 aliphatic rings. The van der Waals surface area contributed by atoms with E-state index in [0.29, 0.717) is 0 Å². The van der Waals surface area contributed by atoms with Gasteiger partial charge in [-0.15, -0.1) is 55.0 Å². The molecule has 0 saturated heterocycles. The maximum atomic E-state index is 3.76. The van der Waals surface area contributed by atoms with Gasteiger partial charge >= 0.3 is 0 Å². The summed E-state index contributed by atoms with van der Waals surface area (Å²) in [5, 5.41) is 0. The predicted octanol–water partition coefficient (Wildman–Crippen LogP) is 4.34. The molecule has 0 saturated carbocycles. The van der Waals surface area contributed by atoms with E-state index in [4.69, 9.17) is 0 Å². The van der Waals surface area contributed by atoms with E-state index in [2.05, 4.69) is 25.8 Å². The molecule has 0 atom stereocenters. The second kappa shape index (κ2) is 6.56. The summed E-state index contributed by atoms with van der Waals surface area (Å²) in [5.74, 6) is 2.99. The van der Waals surface area contributed by atoms with E-state index in [9.17, 15) is 0 Å². The second-order valence-electron chi connectivity index (χ2n) is 2.98. The average Bonchev–Trinajstić information content (AvgIpc) is 2.95. The third-order valence-electron chi connectivity index (χ3n) is 1.77. The Balaban J connectivity index is 2.40. The Hall–Kier alpha value is 0.01000. The molecular weight excluding hydrogens is 240 g/mol. The topological polar surface area (TPSA) is 0 Å². The van der Waals surface area contributed by atoms with Crippen LogP contribution in [0.2, 0.25) is 0 Å². The summed E-state index contributed by atoms with van der Waals surface area (Å²) in [7, 11) is 0. The van der Waals surface area contributed by atoms with E-state index in [0.717, 1.165) is 17.3 Å². The quantitative estimate of drug-likeness (QED) is 0.445. The Kier molecular flexibility index (Phi) is 5.72. The van der Waals surface area contributed by atoms with Crippen LogP contribution in [0.1, 0.15) is 0 Å². The molecule has 15 heavy (non-hydrogen) atoms. The maximum Gasteiger partial charge on any atom is 0.112 e. The highest BCUT2D eigenvalue weighted by molar-refractivity contribution is 8.21. The molecule has 0 aromatic carbocycles. The molecule has 0 aromatic heterocycles. The predicted molar refractivity (Wildman–Crippen MR) is 78.8 cm³/mol. The van der Waals surface area contributed by atoms with Crippen molar-refractivity contribution in [1.29, 1.82) is 0 Å². The zero-order valence-electron chi connectivity index (χ0n) is 8.78. The lowest BCUT2D eigenvalue weighted by Gasteiger charge is -2.15. The normalized spacial score (nSPS) is 16.7. The van der Waals surface area contributed by atoms with Crippen molar-refractivity contribution in [1.82, 2.24) is 0 Å². The molecule has 0 N–H and O–H groups in total. The van der Waals surface area contributed by atoms with Crippen molar-refractivity contribution in [2.75, 3.05) is 17.3 Å². The monoisotopic (exact) mass is 256 g/mol. The van der Waals surface area contributed by atoms with Gasteiger partial charge in [-0.2, -0.15) is 0 Å². The molecule has 0 aromatic rings. The molecule has 0 amide bonds. The van der Waals surface area contributed by atoms with Gasteiger partial charge in [0.15, 0.2) is 0 Å². The molecule has 0 nitrogen and oxygen atoms in total. The Morgan fingerprint density at radius 3 is 2.00 bits per heavy atom. The first-order valence-corrected chi connectivity index (χ1v) is 7.71. The number of hydrogen-bond donors (Lipinski definition) is 0. The van der Waals surface area contributed by atoms with Crippen LogP contribution in [0.15, 0.2) is 48.9 Å². The Bertz CT molecular complexity index is 267. The SMILES string of the molecule is C=CCSC1=CC1(SCC=C)SCC=C. The zero-order chi connectivity index (χ0) is 11.1. The summed E-state index contributed by atoms with van der Waals surface area (Å²) in [6, 6.07) is 0. The van der Waals surface area contributed by atoms with E-state index in [1.807, 2.05) is 53.5 Å². The first-order chi connectivity index (χ1) is 7.29. The first kappa shape index (κ1) is 13.1. The highest BCUT2D eigenvalue weighted by Crippen LogP contribution is 2.59. The van der Waals surface area contributed by atoms with Crippen LogP contribution in [0, 0.1) is 0 Å². The smallest absolute Gasteiger partial charge is 0.112 e. The van der Waals surface area contributed by atoms with Gasteiger partial charge in [-0.25, -0.2) is 0 Å². The van der Waals surface area contributed by atoms with Gasteiger partial charge in [-0.1, -0.05) is 18.2 Å². The molecule has 0 fully saturated rings. The number of rotatable bonds is 9. The lowest BCUT2D eigenvalue weighted by atomic mass is 10.8. The van der Waals surface area contributed by atoms with Gasteiger partial charge < -0.3 is 0 Å². The molecule has 0 aliphatic heterocycles. The van der Waals surface area contributed by atoms with E-state index < -0.39 is 0 Å². The van der Waals surface area contributed by atoms with Gasteiger partial charge in [0.25, 0.3) is 0 Å². The molecule has 0 spiro atoms. The lowest BCUT2D eigenvalue weighted by molar-refractivity contribution is 1.52. The average molecular weight is 256 g/mol. The minimum absolute atomic E-state index is 0.218. The van der Waals surface area contributed by atoms with Crippen molar-refractivity contribution in [2.24, 2.45) is 0 Å². The van der Waals surface area contributed by atoms with Crippen LogP contribution in [0.25, 0.3) is 0 Å². The van der Waals surface area contributed by atoms with Gasteiger partial charge in [-0.05, 0) is 6.08 Å². The van der Waals surface area contributed by atoms with Crippen molar-refractivity contribution in [3.8, 4) is 0 Å². The summed E-state index contributed by atoms with van der Waals surface area (Å²) in [5.41, 5.74) is 0. The fraction of sp³-hybridized carbons (Fsp3) is 0.333. The van der Waals surface area contributed by atoms with Crippen molar-refractivity contribution in [3.63, 3.8) is 0 Å². The van der Waals surface area contributed by atoms with E-state index in [-0.39, 0.29) is 4.08 Å². The first-order valence-electron chi connectivity index (χ1n) is 4.76. The van der Waals surface area contributed by atoms with E-state index in [1.54, 1.807) is 0 Å². The van der Waals surface area contributed by atoms with Crippen molar-refractivity contribution in [3.05, 3.63) is 48.9 Å². The second-order valence-corrected chi connectivity index (χ2v) is 6.83. The Labute approximate surface area is 105 Å². The Morgan fingerprint density at radius 1 is 1.00 bits per heavy atom. The highest BCUT2D eigenvalue weighted by Gasteiger charge is 2.44. The zero-order valence-corrected chi connectivity index (χ0v) is 11.2. The maximum absolute atomic E-state index is 3.76. The molecule has 0 bridgehead atoms. The summed E-state index contributed by atoms with van der Waals surface area (Å²) in [6.07, 6.45) is 8.21. The summed E-state index contributed by atoms with van der Waals surface area (Å²) >= 11 is 5.76. The molecule has 0 radical (unpaired) electrons. The van der Waals surface area contributed by atoms with Crippen LogP contribution in [-0.2, 0) is 0 Å². The highest BCUT2D eigenvalue weighted by atomic mass is 32.2. The fourth-order valence-corrected chi connectivity index (χ4v) is 4.83. The van der Waals surface area contributed by atoms with Crippen molar-refractivity contribution >= 4 is 35.3 Å². The summed E-state index contributed by atoms with van der Waals surface area (Å²) in [4.78, 5) is 1.47. The molecule has 82 valence electrons. The minimum Gasteiger partial charge on any atom is -0.131 e. The molecule has 1 aliphatic carbocycles. The number of thioether (sulfide) groups is 3. The molecular formula is C12H16S3. The van der Waals surface area contributed by atoms with Crippen LogP contribution < -0.4 is 0 Å². The van der Waals surface area contributed by atoms with E-state index in [1.165, 1.54) is 4.91 Å². The van der Waals surface area contributed by atoms with E-state index >= 15 is 0 Å². The third kappa shape index (κ3) is 3.82. The van der Waals surface area contributed by atoms with Crippen LogP contribution in [0.4, 0.5) is 0 Å². The minimum atomic E-state index is 0.218. The Morgan fingerprint density at radius 2 is 1.53 bits per heavy atom. The van der Waals surface area contributed by atoms with Crippen molar-refractivity contribution < 1.29 is 0 Å². The molecule has 0 heterocycles. The fourth-order valence-electron chi connectivity index (χ4n) is 1.06. The standard InChI is InChI=1S/C12H16S3/c1-4-7-13-11-10-12(11,14-8-5-2)15-9-6-3/h4-6,10H,1-3,7-9H2. The van der Waals surface area contributed by atoms with Gasteiger partial charge in [0.2, 0.25) is 0 Å².